The van der Waals surface area contributed by atoms with Crippen molar-refractivity contribution < 1.29 is 13.6 Å². The van der Waals surface area contributed by atoms with Gasteiger partial charge in [0, 0.05) is 3.57 Å². The SMILES string of the molecule is NC(=O)c1nc(C(F)F)cc(I)c1Cl. The number of alkyl halides is 2. The van der Waals surface area contributed by atoms with Gasteiger partial charge in [0.2, 0.25) is 0 Å². The Kier molecular flexibility index (Phi) is 3.59. The second-order valence-corrected chi connectivity index (χ2v) is 3.90. The molecule has 0 saturated heterocycles. The number of hydrogen-bond acceptors (Lipinski definition) is 2. The molecule has 0 unspecified atom stereocenters. The Morgan fingerprint density at radius 1 is 1.64 bits per heavy atom. The van der Waals surface area contributed by atoms with Crippen molar-refractivity contribution in [3.8, 4) is 0 Å². The van der Waals surface area contributed by atoms with Gasteiger partial charge in [0.1, 0.15) is 11.4 Å². The van der Waals surface area contributed by atoms with Crippen LogP contribution in [0, 0.1) is 3.57 Å². The molecule has 7 heteroatoms. The van der Waals surface area contributed by atoms with E-state index in [4.69, 9.17) is 17.3 Å². The van der Waals surface area contributed by atoms with Crippen LogP contribution in [0.5, 0.6) is 0 Å². The van der Waals surface area contributed by atoms with Crippen LogP contribution < -0.4 is 5.73 Å². The molecular weight excluding hydrogens is 328 g/mol. The Balaban J connectivity index is 3.35. The quantitative estimate of drug-likeness (QED) is 0.846. The Labute approximate surface area is 96.8 Å². The van der Waals surface area contributed by atoms with Crippen LogP contribution in [-0.2, 0) is 0 Å². The lowest BCUT2D eigenvalue weighted by Gasteiger charge is -2.05. The van der Waals surface area contributed by atoms with Crippen molar-refractivity contribution >= 4 is 40.1 Å². The van der Waals surface area contributed by atoms with Crippen molar-refractivity contribution in [3.05, 3.63) is 26.0 Å². The van der Waals surface area contributed by atoms with Crippen LogP contribution >= 0.6 is 34.2 Å². The van der Waals surface area contributed by atoms with E-state index < -0.39 is 18.0 Å². The summed E-state index contributed by atoms with van der Waals surface area (Å²) in [6, 6.07) is 1.11. The first kappa shape index (κ1) is 11.6. The highest BCUT2D eigenvalue weighted by atomic mass is 127. The summed E-state index contributed by atoms with van der Waals surface area (Å²) in [5.41, 5.74) is 4.09. The van der Waals surface area contributed by atoms with Crippen molar-refractivity contribution in [2.75, 3.05) is 0 Å². The third-order valence-electron chi connectivity index (χ3n) is 1.39. The molecule has 1 heterocycles. The van der Waals surface area contributed by atoms with Crippen LogP contribution in [0.1, 0.15) is 22.6 Å². The minimum absolute atomic E-state index is 0.00231. The standard InChI is InChI=1S/C7H4ClF2IN2O/c8-4-2(11)1-3(6(9)10)13-5(4)7(12)14/h1,6H,(H2,12,14). The molecule has 1 amide bonds. The molecule has 1 aromatic rings. The van der Waals surface area contributed by atoms with Crippen LogP contribution in [0.3, 0.4) is 0 Å². The first-order valence-corrected chi connectivity index (χ1v) is 4.83. The van der Waals surface area contributed by atoms with Crippen LogP contribution in [0.25, 0.3) is 0 Å². The molecule has 76 valence electrons. The summed E-state index contributed by atoms with van der Waals surface area (Å²) in [5.74, 6) is -0.921. The summed E-state index contributed by atoms with van der Waals surface area (Å²) in [5, 5.41) is 0.00231. The van der Waals surface area contributed by atoms with Crippen molar-refractivity contribution in [1.82, 2.24) is 4.98 Å². The van der Waals surface area contributed by atoms with E-state index in [9.17, 15) is 13.6 Å². The van der Waals surface area contributed by atoms with Gasteiger partial charge < -0.3 is 5.73 Å². The predicted octanol–water partition coefficient (Wildman–Crippen LogP) is 2.38. The molecule has 0 aliphatic carbocycles. The molecule has 0 radical (unpaired) electrons. The highest BCUT2D eigenvalue weighted by Gasteiger charge is 2.17. The molecule has 0 atom stereocenters. The minimum Gasteiger partial charge on any atom is -0.364 e. The summed E-state index contributed by atoms with van der Waals surface area (Å²) in [7, 11) is 0. The summed E-state index contributed by atoms with van der Waals surface area (Å²) < 4.78 is 24.8. The lowest BCUT2D eigenvalue weighted by molar-refractivity contribution is 0.0993. The van der Waals surface area contributed by atoms with Gasteiger partial charge in [-0.15, -0.1) is 0 Å². The molecule has 1 rings (SSSR count). The molecule has 0 aliphatic rings. The van der Waals surface area contributed by atoms with Gasteiger partial charge in [0.05, 0.1) is 5.02 Å². The fourth-order valence-corrected chi connectivity index (χ4v) is 1.56. The Hall–Kier alpha value is -0.500. The van der Waals surface area contributed by atoms with Gasteiger partial charge in [-0.1, -0.05) is 11.6 Å². The van der Waals surface area contributed by atoms with Crippen molar-refractivity contribution in [3.63, 3.8) is 0 Å². The second-order valence-electron chi connectivity index (χ2n) is 2.36. The normalized spacial score (nSPS) is 10.6. The van der Waals surface area contributed by atoms with Gasteiger partial charge in [-0.3, -0.25) is 4.79 Å². The van der Waals surface area contributed by atoms with E-state index in [0.29, 0.717) is 3.57 Å². The number of hydrogen-bond donors (Lipinski definition) is 1. The van der Waals surface area contributed by atoms with Crippen LogP contribution in [0.15, 0.2) is 6.07 Å². The topological polar surface area (TPSA) is 56.0 Å². The highest BCUT2D eigenvalue weighted by molar-refractivity contribution is 14.1. The minimum atomic E-state index is -2.75. The van der Waals surface area contributed by atoms with Gasteiger partial charge in [-0.05, 0) is 28.7 Å². The number of rotatable bonds is 2. The maximum Gasteiger partial charge on any atom is 0.280 e. The molecule has 0 aromatic carbocycles. The third kappa shape index (κ3) is 2.30. The molecule has 1 aromatic heterocycles. The molecule has 0 saturated carbocycles. The van der Waals surface area contributed by atoms with E-state index >= 15 is 0 Å². The zero-order chi connectivity index (χ0) is 10.9. The molecule has 0 spiro atoms. The molecule has 14 heavy (non-hydrogen) atoms. The Bertz CT molecular complexity index is 386. The number of carbonyl (C=O) groups is 1. The number of nitrogens with two attached hydrogens (primary N) is 1. The largest absolute Gasteiger partial charge is 0.364 e. The zero-order valence-electron chi connectivity index (χ0n) is 6.60. The number of halogens is 4. The van der Waals surface area contributed by atoms with E-state index in [1.54, 1.807) is 22.6 Å². The summed E-state index contributed by atoms with van der Waals surface area (Å²) in [6.07, 6.45) is -2.75. The zero-order valence-corrected chi connectivity index (χ0v) is 9.51. The van der Waals surface area contributed by atoms with E-state index in [1.807, 2.05) is 0 Å². The number of primary amides is 1. The van der Waals surface area contributed by atoms with Crippen LogP contribution in [0.4, 0.5) is 8.78 Å². The van der Waals surface area contributed by atoms with E-state index in [2.05, 4.69) is 4.98 Å². The monoisotopic (exact) mass is 332 g/mol. The molecule has 0 bridgehead atoms. The highest BCUT2D eigenvalue weighted by Crippen LogP contribution is 2.26. The van der Waals surface area contributed by atoms with E-state index in [0.717, 1.165) is 6.07 Å². The van der Waals surface area contributed by atoms with Gasteiger partial charge in [0.15, 0.2) is 0 Å². The lowest BCUT2D eigenvalue weighted by atomic mass is 10.3. The van der Waals surface area contributed by atoms with Crippen LogP contribution in [0.2, 0.25) is 5.02 Å². The van der Waals surface area contributed by atoms with Crippen LogP contribution in [-0.4, -0.2) is 10.9 Å². The van der Waals surface area contributed by atoms with Crippen molar-refractivity contribution in [2.45, 2.75) is 6.43 Å². The first-order chi connectivity index (χ1) is 6.43. The third-order valence-corrected chi connectivity index (χ3v) is 2.94. The maximum absolute atomic E-state index is 12.3. The lowest BCUT2D eigenvalue weighted by Crippen LogP contribution is -2.15. The average molecular weight is 332 g/mol. The fraction of sp³-hybridized carbons (Fsp3) is 0.143. The summed E-state index contributed by atoms with van der Waals surface area (Å²) in [6.45, 7) is 0. The average Bonchev–Trinajstić information content (AvgIpc) is 2.08. The summed E-state index contributed by atoms with van der Waals surface area (Å²) in [4.78, 5) is 14.1. The summed E-state index contributed by atoms with van der Waals surface area (Å²) >= 11 is 7.38. The molecule has 0 fully saturated rings. The molecule has 2 N–H and O–H groups in total. The van der Waals surface area contributed by atoms with Gasteiger partial charge in [-0.2, -0.15) is 0 Å². The number of aromatic nitrogens is 1. The van der Waals surface area contributed by atoms with Gasteiger partial charge in [-0.25, -0.2) is 13.8 Å². The fourth-order valence-electron chi connectivity index (χ4n) is 0.792. The second kappa shape index (κ2) is 4.35. The van der Waals surface area contributed by atoms with E-state index in [1.165, 1.54) is 0 Å². The number of nitrogens with zero attached hydrogens (tertiary/aromatic N) is 1. The molecular formula is C7H4ClF2IN2O. The van der Waals surface area contributed by atoms with Crippen molar-refractivity contribution in [1.29, 1.82) is 0 Å². The maximum atomic E-state index is 12.3. The number of carbonyl (C=O) groups excluding carboxylic acids is 1. The Morgan fingerprint density at radius 2 is 2.21 bits per heavy atom. The van der Waals surface area contributed by atoms with Gasteiger partial charge in [0.25, 0.3) is 12.3 Å². The van der Waals surface area contributed by atoms with E-state index in [-0.39, 0.29) is 10.7 Å². The van der Waals surface area contributed by atoms with Gasteiger partial charge >= 0.3 is 0 Å². The molecule has 0 aliphatic heterocycles. The Morgan fingerprint density at radius 3 is 2.64 bits per heavy atom. The number of amides is 1. The molecule has 3 nitrogen and oxygen atoms in total. The predicted molar refractivity (Wildman–Crippen MR) is 55.4 cm³/mol. The van der Waals surface area contributed by atoms with Crippen molar-refractivity contribution in [2.24, 2.45) is 5.73 Å². The smallest absolute Gasteiger partial charge is 0.280 e. The first-order valence-electron chi connectivity index (χ1n) is 3.37. The number of pyridine rings is 1.